The van der Waals surface area contributed by atoms with E-state index in [9.17, 15) is 5.26 Å². The number of nitrogens with zero attached hydrogens (tertiary/aromatic N) is 3. The van der Waals surface area contributed by atoms with Crippen molar-refractivity contribution in [1.29, 1.82) is 5.26 Å². The highest BCUT2D eigenvalue weighted by atomic mass is 35.5. The summed E-state index contributed by atoms with van der Waals surface area (Å²) in [6, 6.07) is 9.68. The molecule has 0 unspecified atom stereocenters. The number of halogens is 1. The van der Waals surface area contributed by atoms with Crippen molar-refractivity contribution in [2.75, 3.05) is 5.32 Å². The van der Waals surface area contributed by atoms with Crippen LogP contribution in [0.1, 0.15) is 22.4 Å². The van der Waals surface area contributed by atoms with E-state index in [4.69, 9.17) is 11.6 Å². The lowest BCUT2D eigenvalue weighted by molar-refractivity contribution is 0.941. The number of hydrogen-bond donors (Lipinski definition) is 1. The number of nitriles is 1. The van der Waals surface area contributed by atoms with Crippen molar-refractivity contribution in [2.45, 2.75) is 20.4 Å². The molecule has 0 aliphatic heterocycles. The molecule has 1 heterocycles. The minimum atomic E-state index is 0.514. The van der Waals surface area contributed by atoms with E-state index in [1.807, 2.05) is 38.1 Å². The quantitative estimate of drug-likeness (QED) is 0.932. The van der Waals surface area contributed by atoms with Crippen LogP contribution in [0.3, 0.4) is 0 Å². The van der Waals surface area contributed by atoms with Crippen LogP contribution in [0.5, 0.6) is 0 Å². The van der Waals surface area contributed by atoms with Gasteiger partial charge in [0.1, 0.15) is 11.6 Å². The maximum Gasteiger partial charge on any atom is 0.167 e. The molecule has 0 fully saturated rings. The molecule has 0 saturated heterocycles. The van der Waals surface area contributed by atoms with Gasteiger partial charge in [0.2, 0.25) is 0 Å². The van der Waals surface area contributed by atoms with Crippen LogP contribution in [0, 0.1) is 25.2 Å². The third-order valence-electron chi connectivity index (χ3n) is 2.94. The van der Waals surface area contributed by atoms with Gasteiger partial charge in [-0.15, -0.1) is 5.10 Å². The Balaban J connectivity index is 2.18. The average molecular weight is 273 g/mol. The van der Waals surface area contributed by atoms with Gasteiger partial charge in [0.25, 0.3) is 0 Å². The normalized spacial score (nSPS) is 10.0. The van der Waals surface area contributed by atoms with Crippen molar-refractivity contribution in [1.82, 2.24) is 10.2 Å². The number of anilines is 1. The molecule has 0 atom stereocenters. The molecule has 2 rings (SSSR count). The van der Waals surface area contributed by atoms with Crippen LogP contribution in [0.2, 0.25) is 5.02 Å². The van der Waals surface area contributed by atoms with Crippen LogP contribution in [-0.2, 0) is 6.54 Å². The van der Waals surface area contributed by atoms with E-state index in [0.29, 0.717) is 22.9 Å². The monoisotopic (exact) mass is 272 g/mol. The van der Waals surface area contributed by atoms with E-state index in [-0.39, 0.29) is 0 Å². The van der Waals surface area contributed by atoms with Gasteiger partial charge in [-0.25, -0.2) is 0 Å². The molecule has 0 radical (unpaired) electrons. The van der Waals surface area contributed by atoms with Crippen molar-refractivity contribution in [3.8, 4) is 6.07 Å². The SMILES string of the molecule is Cc1nnc(NCc2ccc(Cl)cc2)c(C#N)c1C. The minimum Gasteiger partial charge on any atom is -0.363 e. The van der Waals surface area contributed by atoms with E-state index < -0.39 is 0 Å². The van der Waals surface area contributed by atoms with Gasteiger partial charge in [0, 0.05) is 11.6 Å². The number of hydrogen-bond acceptors (Lipinski definition) is 4. The Kier molecular flexibility index (Phi) is 3.98. The van der Waals surface area contributed by atoms with E-state index in [1.54, 1.807) is 0 Å². The van der Waals surface area contributed by atoms with Crippen molar-refractivity contribution in [3.05, 3.63) is 51.7 Å². The largest absolute Gasteiger partial charge is 0.363 e. The third-order valence-corrected chi connectivity index (χ3v) is 3.19. The van der Waals surface area contributed by atoms with E-state index >= 15 is 0 Å². The molecule has 5 heteroatoms. The highest BCUT2D eigenvalue weighted by molar-refractivity contribution is 6.30. The van der Waals surface area contributed by atoms with Crippen LogP contribution in [0.15, 0.2) is 24.3 Å². The number of aromatic nitrogens is 2. The van der Waals surface area contributed by atoms with Gasteiger partial charge in [-0.2, -0.15) is 10.4 Å². The molecular formula is C14H13ClN4. The molecule has 0 bridgehead atoms. The van der Waals surface area contributed by atoms with Gasteiger partial charge in [0.05, 0.1) is 5.69 Å². The van der Waals surface area contributed by atoms with Crippen LogP contribution >= 0.6 is 11.6 Å². The van der Waals surface area contributed by atoms with E-state index in [2.05, 4.69) is 21.6 Å². The Bertz CT molecular complexity index is 629. The first-order valence-corrected chi connectivity index (χ1v) is 6.22. The molecule has 2 aromatic rings. The first kappa shape index (κ1) is 13.3. The molecule has 0 saturated carbocycles. The predicted octanol–water partition coefficient (Wildman–Crippen LogP) is 3.23. The second kappa shape index (κ2) is 5.68. The summed E-state index contributed by atoms with van der Waals surface area (Å²) in [4.78, 5) is 0. The zero-order valence-electron chi connectivity index (χ0n) is 10.7. The molecule has 1 N–H and O–H groups in total. The summed E-state index contributed by atoms with van der Waals surface area (Å²) in [5.41, 5.74) is 3.24. The molecule has 0 aliphatic rings. The molecule has 96 valence electrons. The second-order valence-electron chi connectivity index (χ2n) is 4.23. The average Bonchev–Trinajstić information content (AvgIpc) is 2.42. The van der Waals surface area contributed by atoms with Crippen molar-refractivity contribution >= 4 is 17.4 Å². The lowest BCUT2D eigenvalue weighted by atomic mass is 10.1. The summed E-state index contributed by atoms with van der Waals surface area (Å²) in [5, 5.41) is 21.1. The summed E-state index contributed by atoms with van der Waals surface area (Å²) in [6.07, 6.45) is 0. The standard InChI is InChI=1S/C14H13ClN4/c1-9-10(2)18-19-14(13(9)7-16)17-8-11-3-5-12(15)6-4-11/h3-6H,8H2,1-2H3,(H,17,19). The molecule has 0 aliphatic carbocycles. The maximum absolute atomic E-state index is 9.18. The Morgan fingerprint density at radius 3 is 2.53 bits per heavy atom. The van der Waals surface area contributed by atoms with Crippen molar-refractivity contribution < 1.29 is 0 Å². The summed E-state index contributed by atoms with van der Waals surface area (Å²) >= 11 is 5.83. The zero-order chi connectivity index (χ0) is 13.8. The summed E-state index contributed by atoms with van der Waals surface area (Å²) < 4.78 is 0. The van der Waals surface area contributed by atoms with Gasteiger partial charge in [-0.3, -0.25) is 0 Å². The molecule has 1 aromatic heterocycles. The zero-order valence-corrected chi connectivity index (χ0v) is 11.5. The lowest BCUT2D eigenvalue weighted by Gasteiger charge is -2.09. The van der Waals surface area contributed by atoms with E-state index in [0.717, 1.165) is 16.8 Å². The topological polar surface area (TPSA) is 61.6 Å². The Morgan fingerprint density at radius 1 is 1.21 bits per heavy atom. The fourth-order valence-corrected chi connectivity index (χ4v) is 1.78. The van der Waals surface area contributed by atoms with Gasteiger partial charge in [-0.1, -0.05) is 23.7 Å². The number of rotatable bonds is 3. The molecule has 0 spiro atoms. The summed E-state index contributed by atoms with van der Waals surface area (Å²) in [5.74, 6) is 0.514. The molecule has 0 amide bonds. The third kappa shape index (κ3) is 3.01. The van der Waals surface area contributed by atoms with Gasteiger partial charge in [-0.05, 0) is 37.1 Å². The first-order valence-electron chi connectivity index (χ1n) is 5.84. The maximum atomic E-state index is 9.18. The number of benzene rings is 1. The minimum absolute atomic E-state index is 0.514. The number of nitrogens with one attached hydrogen (secondary N) is 1. The molecule has 1 aromatic carbocycles. The lowest BCUT2D eigenvalue weighted by Crippen LogP contribution is -2.07. The van der Waals surface area contributed by atoms with Crippen LogP contribution in [0.4, 0.5) is 5.82 Å². The Morgan fingerprint density at radius 2 is 1.89 bits per heavy atom. The predicted molar refractivity (Wildman–Crippen MR) is 75.0 cm³/mol. The first-order chi connectivity index (χ1) is 9.11. The Hall–Kier alpha value is -2.12. The van der Waals surface area contributed by atoms with Crippen LogP contribution < -0.4 is 5.32 Å². The molecule has 4 nitrogen and oxygen atoms in total. The van der Waals surface area contributed by atoms with Crippen LogP contribution in [0.25, 0.3) is 0 Å². The summed E-state index contributed by atoms with van der Waals surface area (Å²) in [7, 11) is 0. The summed E-state index contributed by atoms with van der Waals surface area (Å²) in [6.45, 7) is 4.28. The Labute approximate surface area is 117 Å². The fourth-order valence-electron chi connectivity index (χ4n) is 1.66. The van der Waals surface area contributed by atoms with Crippen molar-refractivity contribution in [3.63, 3.8) is 0 Å². The van der Waals surface area contributed by atoms with Crippen LogP contribution in [-0.4, -0.2) is 10.2 Å². The molecule has 19 heavy (non-hydrogen) atoms. The highest BCUT2D eigenvalue weighted by Gasteiger charge is 2.10. The van der Waals surface area contributed by atoms with E-state index in [1.165, 1.54) is 0 Å². The van der Waals surface area contributed by atoms with Gasteiger partial charge < -0.3 is 5.32 Å². The smallest absolute Gasteiger partial charge is 0.167 e. The van der Waals surface area contributed by atoms with Gasteiger partial charge in [0.15, 0.2) is 5.82 Å². The highest BCUT2D eigenvalue weighted by Crippen LogP contribution is 2.18. The fraction of sp³-hybridized carbons (Fsp3) is 0.214. The number of aryl methyl sites for hydroxylation is 1. The van der Waals surface area contributed by atoms with Gasteiger partial charge >= 0.3 is 0 Å². The second-order valence-corrected chi connectivity index (χ2v) is 4.66. The molecular weight excluding hydrogens is 260 g/mol. The van der Waals surface area contributed by atoms with Crippen molar-refractivity contribution in [2.24, 2.45) is 0 Å².